The van der Waals surface area contributed by atoms with Gasteiger partial charge in [0.1, 0.15) is 11.1 Å². The number of rotatable bonds is 4. The Labute approximate surface area is 157 Å². The van der Waals surface area contributed by atoms with Crippen LogP contribution in [0.1, 0.15) is 28.9 Å². The number of ether oxygens (including phenoxy) is 2. The Bertz CT molecular complexity index is 1170. The predicted molar refractivity (Wildman–Crippen MR) is 97.6 cm³/mol. The first-order valence-corrected chi connectivity index (χ1v) is 8.35. The zero-order chi connectivity index (χ0) is 19.8. The summed E-state index contributed by atoms with van der Waals surface area (Å²) in [5.74, 6) is 0.558. The molecule has 28 heavy (non-hydrogen) atoms. The average Bonchev–Trinajstić information content (AvgIpc) is 3.14. The van der Waals surface area contributed by atoms with E-state index in [9.17, 15) is 19.7 Å². The SMILES string of the molecule is C[C@@H](NC(=O)c1cc2cc([N+](=O)[O-])ccc2oc1=O)c1ccc2c(c1)OCO2. The van der Waals surface area contributed by atoms with E-state index in [1.807, 2.05) is 0 Å². The molecule has 1 amide bonds. The maximum absolute atomic E-state index is 12.6. The molecular weight excluding hydrogens is 368 g/mol. The van der Waals surface area contributed by atoms with E-state index >= 15 is 0 Å². The standard InChI is InChI=1S/C19H14N2O7/c1-10(11-2-4-16-17(8-11)27-9-26-16)20-18(22)14-7-12-6-13(21(24)25)3-5-15(12)28-19(14)23/h2-8,10H,9H2,1H3,(H,20,22)/t10-/m1/s1. The summed E-state index contributed by atoms with van der Waals surface area (Å²) >= 11 is 0. The average molecular weight is 382 g/mol. The molecule has 9 heteroatoms. The topological polar surface area (TPSA) is 121 Å². The minimum atomic E-state index is -0.822. The Morgan fingerprint density at radius 2 is 1.93 bits per heavy atom. The van der Waals surface area contributed by atoms with Crippen molar-refractivity contribution in [3.63, 3.8) is 0 Å². The van der Waals surface area contributed by atoms with Gasteiger partial charge in [-0.1, -0.05) is 6.07 Å². The van der Waals surface area contributed by atoms with Crippen molar-refractivity contribution in [3.05, 3.63) is 74.1 Å². The van der Waals surface area contributed by atoms with Crippen LogP contribution in [0, 0.1) is 10.1 Å². The number of nitro benzene ring substituents is 1. The summed E-state index contributed by atoms with van der Waals surface area (Å²) in [7, 11) is 0. The molecule has 2 heterocycles. The minimum Gasteiger partial charge on any atom is -0.454 e. The molecule has 9 nitrogen and oxygen atoms in total. The van der Waals surface area contributed by atoms with Crippen molar-refractivity contribution >= 4 is 22.6 Å². The van der Waals surface area contributed by atoms with Crippen LogP contribution in [-0.4, -0.2) is 17.6 Å². The van der Waals surface area contributed by atoms with Gasteiger partial charge in [-0.15, -0.1) is 0 Å². The molecule has 1 aliphatic rings. The molecule has 0 radical (unpaired) electrons. The molecule has 4 rings (SSSR count). The molecule has 142 valence electrons. The summed E-state index contributed by atoms with van der Waals surface area (Å²) in [5, 5.41) is 13.9. The quantitative estimate of drug-likeness (QED) is 0.418. The van der Waals surface area contributed by atoms with Crippen LogP contribution in [0.15, 0.2) is 51.7 Å². The molecule has 0 saturated carbocycles. The second-order valence-corrected chi connectivity index (χ2v) is 6.23. The van der Waals surface area contributed by atoms with E-state index in [1.54, 1.807) is 25.1 Å². The van der Waals surface area contributed by atoms with Gasteiger partial charge in [0.25, 0.3) is 11.6 Å². The van der Waals surface area contributed by atoms with E-state index in [0.717, 1.165) is 5.56 Å². The van der Waals surface area contributed by atoms with Gasteiger partial charge in [0.2, 0.25) is 6.79 Å². The largest absolute Gasteiger partial charge is 0.454 e. The third-order valence-corrected chi connectivity index (χ3v) is 4.42. The number of amides is 1. The first-order valence-electron chi connectivity index (χ1n) is 8.35. The van der Waals surface area contributed by atoms with Crippen LogP contribution in [0.25, 0.3) is 11.0 Å². The van der Waals surface area contributed by atoms with Crippen molar-refractivity contribution in [3.8, 4) is 11.5 Å². The molecule has 3 aromatic rings. The summed E-state index contributed by atoms with van der Waals surface area (Å²) < 4.78 is 15.7. The third-order valence-electron chi connectivity index (χ3n) is 4.42. The highest BCUT2D eigenvalue weighted by atomic mass is 16.7. The molecule has 0 unspecified atom stereocenters. The number of carbonyl (C=O) groups excluding carboxylic acids is 1. The monoisotopic (exact) mass is 382 g/mol. The summed E-state index contributed by atoms with van der Waals surface area (Å²) in [6.07, 6.45) is 0. The van der Waals surface area contributed by atoms with Crippen molar-refractivity contribution in [1.29, 1.82) is 0 Å². The second kappa shape index (κ2) is 6.69. The number of carbonyl (C=O) groups is 1. The van der Waals surface area contributed by atoms with Crippen LogP contribution in [0.4, 0.5) is 5.69 Å². The van der Waals surface area contributed by atoms with Crippen molar-refractivity contribution in [2.45, 2.75) is 13.0 Å². The number of hydrogen-bond donors (Lipinski definition) is 1. The zero-order valence-electron chi connectivity index (χ0n) is 14.6. The maximum atomic E-state index is 12.6. The predicted octanol–water partition coefficient (Wildman–Crippen LogP) is 2.92. The Kier molecular flexibility index (Phi) is 4.19. The Hall–Kier alpha value is -3.88. The summed E-state index contributed by atoms with van der Waals surface area (Å²) in [6.45, 7) is 1.90. The molecule has 0 saturated heterocycles. The number of nitro groups is 1. The van der Waals surface area contributed by atoms with Crippen molar-refractivity contribution in [2.24, 2.45) is 0 Å². The van der Waals surface area contributed by atoms with Gasteiger partial charge in [-0.25, -0.2) is 4.79 Å². The number of nitrogens with zero attached hydrogens (tertiary/aromatic N) is 1. The van der Waals surface area contributed by atoms with Crippen LogP contribution in [0.3, 0.4) is 0 Å². The van der Waals surface area contributed by atoms with Gasteiger partial charge < -0.3 is 19.2 Å². The Morgan fingerprint density at radius 3 is 2.71 bits per heavy atom. The number of nitrogens with one attached hydrogen (secondary N) is 1. The molecule has 1 aromatic heterocycles. The van der Waals surface area contributed by atoms with Crippen molar-refractivity contribution < 1.29 is 23.6 Å². The van der Waals surface area contributed by atoms with Gasteiger partial charge in [0.05, 0.1) is 11.0 Å². The summed E-state index contributed by atoms with van der Waals surface area (Å²) in [5.41, 5.74) is -0.298. The fourth-order valence-corrected chi connectivity index (χ4v) is 2.92. The maximum Gasteiger partial charge on any atom is 0.349 e. The molecule has 1 N–H and O–H groups in total. The van der Waals surface area contributed by atoms with Crippen LogP contribution in [-0.2, 0) is 0 Å². The zero-order valence-corrected chi connectivity index (χ0v) is 14.6. The van der Waals surface area contributed by atoms with Gasteiger partial charge in [-0.05, 0) is 36.8 Å². The fraction of sp³-hybridized carbons (Fsp3) is 0.158. The van der Waals surface area contributed by atoms with Gasteiger partial charge in [-0.3, -0.25) is 14.9 Å². The van der Waals surface area contributed by atoms with E-state index in [4.69, 9.17) is 13.9 Å². The normalized spacial score (nSPS) is 13.3. The van der Waals surface area contributed by atoms with Crippen molar-refractivity contribution in [1.82, 2.24) is 5.32 Å². The number of benzene rings is 2. The molecule has 2 aromatic carbocycles. The second-order valence-electron chi connectivity index (χ2n) is 6.23. The molecule has 1 atom stereocenters. The van der Waals surface area contributed by atoms with E-state index in [1.165, 1.54) is 24.3 Å². The Morgan fingerprint density at radius 1 is 1.14 bits per heavy atom. The molecule has 1 aliphatic heterocycles. The van der Waals surface area contributed by atoms with E-state index < -0.39 is 22.5 Å². The highest BCUT2D eigenvalue weighted by molar-refractivity contribution is 5.97. The summed E-state index contributed by atoms with van der Waals surface area (Å²) in [4.78, 5) is 35.1. The molecule has 0 aliphatic carbocycles. The highest BCUT2D eigenvalue weighted by Gasteiger charge is 2.20. The number of hydrogen-bond acceptors (Lipinski definition) is 7. The molecule has 0 bridgehead atoms. The molecule has 0 spiro atoms. The lowest BCUT2D eigenvalue weighted by Crippen LogP contribution is -2.30. The van der Waals surface area contributed by atoms with E-state index in [0.29, 0.717) is 11.5 Å². The molecule has 0 fully saturated rings. The first-order chi connectivity index (χ1) is 13.4. The Balaban J connectivity index is 1.61. The third kappa shape index (κ3) is 3.13. The lowest BCUT2D eigenvalue weighted by molar-refractivity contribution is -0.384. The lowest BCUT2D eigenvalue weighted by atomic mass is 10.1. The van der Waals surface area contributed by atoms with Crippen LogP contribution >= 0.6 is 0 Å². The van der Waals surface area contributed by atoms with Crippen LogP contribution in [0.5, 0.6) is 11.5 Å². The van der Waals surface area contributed by atoms with Gasteiger partial charge >= 0.3 is 5.63 Å². The van der Waals surface area contributed by atoms with Gasteiger partial charge in [0, 0.05) is 17.5 Å². The highest BCUT2D eigenvalue weighted by Crippen LogP contribution is 2.34. The van der Waals surface area contributed by atoms with Crippen LogP contribution in [0.2, 0.25) is 0 Å². The first kappa shape index (κ1) is 17.5. The van der Waals surface area contributed by atoms with E-state index in [2.05, 4.69) is 5.32 Å². The van der Waals surface area contributed by atoms with E-state index in [-0.39, 0.29) is 29.0 Å². The van der Waals surface area contributed by atoms with Crippen molar-refractivity contribution in [2.75, 3.05) is 6.79 Å². The van der Waals surface area contributed by atoms with Gasteiger partial charge in [-0.2, -0.15) is 0 Å². The summed E-state index contributed by atoms with van der Waals surface area (Å²) in [6, 6.07) is 9.93. The van der Waals surface area contributed by atoms with Crippen LogP contribution < -0.4 is 20.4 Å². The fourth-order valence-electron chi connectivity index (χ4n) is 2.92. The lowest BCUT2D eigenvalue weighted by Gasteiger charge is -2.14. The number of non-ortho nitro benzene ring substituents is 1. The number of fused-ring (bicyclic) bond motifs is 2. The molecular formula is C19H14N2O7. The smallest absolute Gasteiger partial charge is 0.349 e. The minimum absolute atomic E-state index is 0.143. The van der Waals surface area contributed by atoms with Gasteiger partial charge in [0.15, 0.2) is 11.5 Å².